The van der Waals surface area contributed by atoms with Crippen molar-refractivity contribution in [3.63, 3.8) is 0 Å². The third-order valence-electron chi connectivity index (χ3n) is 3.80. The predicted octanol–water partition coefficient (Wildman–Crippen LogP) is 6.13. The lowest BCUT2D eigenvalue weighted by molar-refractivity contribution is 0.105. The molecule has 0 atom stereocenters. The molecule has 118 valence electrons. The van der Waals surface area contributed by atoms with Gasteiger partial charge in [-0.2, -0.15) is 0 Å². The SMILES string of the molecule is C1CCN(C2CCC2)CC1.CC.CC.CCC(C)C. The molecule has 1 heteroatoms. The summed E-state index contributed by atoms with van der Waals surface area (Å²) in [6.07, 6.45) is 10.2. The normalized spacial score (nSPS) is 18.9. The van der Waals surface area contributed by atoms with Crippen LogP contribution in [0.4, 0.5) is 0 Å². The Balaban J connectivity index is 0. The standard InChI is InChI=1S/C9H17N.C5H12.2C2H6/c1-2-7-10(8-3-1)9-5-4-6-9;1-4-5(2)3;2*1-2/h9H,1-8H2;5H,4H2,1-3H3;2*1-2H3. The summed E-state index contributed by atoms with van der Waals surface area (Å²) >= 11 is 0. The van der Waals surface area contributed by atoms with E-state index < -0.39 is 0 Å². The van der Waals surface area contributed by atoms with E-state index in [9.17, 15) is 0 Å². The first-order chi connectivity index (χ1) is 9.24. The Labute approximate surface area is 124 Å². The van der Waals surface area contributed by atoms with Gasteiger partial charge in [0, 0.05) is 6.04 Å². The fourth-order valence-corrected chi connectivity index (χ4v) is 2.04. The third kappa shape index (κ3) is 11.5. The zero-order chi connectivity index (χ0) is 15.1. The van der Waals surface area contributed by atoms with Crippen molar-refractivity contribution in [3.05, 3.63) is 0 Å². The summed E-state index contributed by atoms with van der Waals surface area (Å²) in [5, 5.41) is 0. The fourth-order valence-electron chi connectivity index (χ4n) is 2.04. The van der Waals surface area contributed by atoms with Gasteiger partial charge in [0.25, 0.3) is 0 Å². The summed E-state index contributed by atoms with van der Waals surface area (Å²) in [4.78, 5) is 2.70. The van der Waals surface area contributed by atoms with E-state index in [-0.39, 0.29) is 0 Å². The zero-order valence-corrected chi connectivity index (χ0v) is 15.0. The smallest absolute Gasteiger partial charge is 0.00952 e. The number of rotatable bonds is 2. The quantitative estimate of drug-likeness (QED) is 0.584. The molecule has 1 aliphatic heterocycles. The highest BCUT2D eigenvalue weighted by Gasteiger charge is 2.25. The minimum Gasteiger partial charge on any atom is -0.300 e. The molecule has 0 N–H and O–H groups in total. The van der Waals surface area contributed by atoms with Crippen LogP contribution in [0.5, 0.6) is 0 Å². The first-order valence-electron chi connectivity index (χ1n) is 8.98. The largest absolute Gasteiger partial charge is 0.300 e. The molecule has 2 rings (SSSR count). The first kappa shape index (κ1) is 21.3. The van der Waals surface area contributed by atoms with Crippen LogP contribution in [0.25, 0.3) is 0 Å². The van der Waals surface area contributed by atoms with E-state index in [2.05, 4.69) is 25.7 Å². The average Bonchev–Trinajstić information content (AvgIpc) is 2.43. The van der Waals surface area contributed by atoms with Crippen LogP contribution in [0.2, 0.25) is 0 Å². The van der Waals surface area contributed by atoms with Crippen molar-refractivity contribution in [3.8, 4) is 0 Å². The Morgan fingerprint density at radius 2 is 1.26 bits per heavy atom. The molecule has 2 fully saturated rings. The van der Waals surface area contributed by atoms with Gasteiger partial charge < -0.3 is 4.90 Å². The van der Waals surface area contributed by atoms with Crippen LogP contribution in [0.15, 0.2) is 0 Å². The van der Waals surface area contributed by atoms with E-state index in [0.717, 1.165) is 12.0 Å². The highest BCUT2D eigenvalue weighted by atomic mass is 15.2. The van der Waals surface area contributed by atoms with Crippen LogP contribution >= 0.6 is 0 Å². The van der Waals surface area contributed by atoms with Crippen LogP contribution in [0, 0.1) is 5.92 Å². The first-order valence-corrected chi connectivity index (χ1v) is 8.98. The number of nitrogens with zero attached hydrogens (tertiary/aromatic N) is 1. The second-order valence-electron chi connectivity index (χ2n) is 5.48. The lowest BCUT2D eigenvalue weighted by atomic mass is 9.90. The van der Waals surface area contributed by atoms with E-state index in [1.54, 1.807) is 0 Å². The highest BCUT2D eigenvalue weighted by molar-refractivity contribution is 4.81. The van der Waals surface area contributed by atoms with Crippen molar-refractivity contribution in [2.45, 2.75) is 99.5 Å². The summed E-state index contributed by atoms with van der Waals surface area (Å²) in [6.45, 7) is 17.4. The summed E-state index contributed by atoms with van der Waals surface area (Å²) in [5.74, 6) is 0.884. The molecular weight excluding hydrogens is 230 g/mol. The van der Waals surface area contributed by atoms with Crippen molar-refractivity contribution < 1.29 is 0 Å². The van der Waals surface area contributed by atoms with Crippen LogP contribution in [0.3, 0.4) is 0 Å². The molecule has 0 aromatic rings. The Kier molecular flexibility index (Phi) is 17.9. The van der Waals surface area contributed by atoms with Gasteiger partial charge in [0.1, 0.15) is 0 Å². The van der Waals surface area contributed by atoms with Crippen LogP contribution in [-0.2, 0) is 0 Å². The molecule has 0 amide bonds. The lowest BCUT2D eigenvalue weighted by Gasteiger charge is -2.39. The van der Waals surface area contributed by atoms with Gasteiger partial charge in [-0.1, -0.05) is 67.7 Å². The molecule has 0 spiro atoms. The number of hydrogen-bond donors (Lipinski definition) is 0. The molecule has 0 radical (unpaired) electrons. The van der Waals surface area contributed by atoms with Crippen molar-refractivity contribution >= 4 is 0 Å². The molecule has 1 saturated carbocycles. The van der Waals surface area contributed by atoms with E-state index in [4.69, 9.17) is 0 Å². The molecule has 0 aromatic heterocycles. The molecule has 0 bridgehead atoms. The maximum Gasteiger partial charge on any atom is 0.00952 e. The van der Waals surface area contributed by atoms with Crippen molar-refractivity contribution in [2.75, 3.05) is 13.1 Å². The molecule has 19 heavy (non-hydrogen) atoms. The highest BCUT2D eigenvalue weighted by Crippen LogP contribution is 2.26. The molecule has 1 nitrogen and oxygen atoms in total. The van der Waals surface area contributed by atoms with E-state index in [1.165, 1.54) is 58.0 Å². The second-order valence-corrected chi connectivity index (χ2v) is 5.48. The topological polar surface area (TPSA) is 3.24 Å². The Bertz CT molecular complexity index is 144. The fraction of sp³-hybridized carbons (Fsp3) is 1.00. The zero-order valence-electron chi connectivity index (χ0n) is 15.0. The minimum atomic E-state index is 0.884. The second kappa shape index (κ2) is 16.0. The number of piperidine rings is 1. The van der Waals surface area contributed by atoms with E-state index in [0.29, 0.717) is 0 Å². The van der Waals surface area contributed by atoms with Crippen molar-refractivity contribution in [1.82, 2.24) is 4.90 Å². The number of likely N-dealkylation sites (tertiary alicyclic amines) is 1. The summed E-state index contributed by atoms with van der Waals surface area (Å²) in [5.41, 5.74) is 0. The summed E-state index contributed by atoms with van der Waals surface area (Å²) in [7, 11) is 0. The van der Waals surface area contributed by atoms with Crippen LogP contribution in [-0.4, -0.2) is 24.0 Å². The van der Waals surface area contributed by atoms with Crippen LogP contribution in [0.1, 0.15) is 93.4 Å². The van der Waals surface area contributed by atoms with Crippen LogP contribution < -0.4 is 0 Å². The molecule has 0 unspecified atom stereocenters. The monoisotopic (exact) mass is 271 g/mol. The van der Waals surface area contributed by atoms with E-state index in [1.807, 2.05) is 27.7 Å². The molecule has 1 aliphatic carbocycles. The Morgan fingerprint density at radius 1 is 0.842 bits per heavy atom. The maximum absolute atomic E-state index is 2.70. The summed E-state index contributed by atoms with van der Waals surface area (Å²) in [6, 6.07) is 1.00. The molecular formula is C18H41N. The van der Waals surface area contributed by atoms with Gasteiger partial charge in [0.2, 0.25) is 0 Å². The molecule has 1 heterocycles. The van der Waals surface area contributed by atoms with Crippen molar-refractivity contribution in [2.24, 2.45) is 5.92 Å². The Hall–Kier alpha value is -0.0400. The third-order valence-corrected chi connectivity index (χ3v) is 3.80. The molecule has 0 aromatic carbocycles. The van der Waals surface area contributed by atoms with E-state index >= 15 is 0 Å². The van der Waals surface area contributed by atoms with Gasteiger partial charge >= 0.3 is 0 Å². The van der Waals surface area contributed by atoms with Gasteiger partial charge in [-0.05, 0) is 44.7 Å². The minimum absolute atomic E-state index is 0.884. The van der Waals surface area contributed by atoms with Gasteiger partial charge in [-0.15, -0.1) is 0 Å². The van der Waals surface area contributed by atoms with Crippen molar-refractivity contribution in [1.29, 1.82) is 0 Å². The lowest BCUT2D eigenvalue weighted by Crippen LogP contribution is -2.42. The van der Waals surface area contributed by atoms with Gasteiger partial charge in [0.15, 0.2) is 0 Å². The molecule has 2 aliphatic rings. The van der Waals surface area contributed by atoms with Gasteiger partial charge in [0.05, 0.1) is 0 Å². The average molecular weight is 272 g/mol. The Morgan fingerprint density at radius 3 is 1.53 bits per heavy atom. The summed E-state index contributed by atoms with van der Waals surface area (Å²) < 4.78 is 0. The predicted molar refractivity (Wildman–Crippen MR) is 90.9 cm³/mol. The molecule has 1 saturated heterocycles. The van der Waals surface area contributed by atoms with Gasteiger partial charge in [-0.25, -0.2) is 0 Å². The van der Waals surface area contributed by atoms with Gasteiger partial charge in [-0.3, -0.25) is 0 Å². The number of hydrogen-bond acceptors (Lipinski definition) is 1. The maximum atomic E-state index is 2.70.